The third-order valence-electron chi connectivity index (χ3n) is 9.49. The first-order chi connectivity index (χ1) is 21.0. The first-order valence-electron chi connectivity index (χ1n) is 16.4. The molecule has 252 valence electrons. The Kier molecular flexibility index (Phi) is 14.1. The summed E-state index contributed by atoms with van der Waals surface area (Å²) in [6, 6.07) is 0. The molecule has 2 heterocycles. The lowest BCUT2D eigenvalue weighted by Gasteiger charge is -2.42. The first-order valence-corrected chi connectivity index (χ1v) is 16.4. The minimum absolute atomic E-state index is 0.0378. The van der Waals surface area contributed by atoms with E-state index in [1.165, 1.54) is 11.1 Å². The molecule has 0 aromatic rings. The van der Waals surface area contributed by atoms with Crippen LogP contribution in [0.4, 0.5) is 9.28 Å². The van der Waals surface area contributed by atoms with Gasteiger partial charge in [-0.2, -0.15) is 5.54 Å². The van der Waals surface area contributed by atoms with Gasteiger partial charge in [-0.3, -0.25) is 9.59 Å². The summed E-state index contributed by atoms with van der Waals surface area (Å²) in [4.78, 5) is 36.7. The van der Waals surface area contributed by atoms with Crippen LogP contribution in [-0.4, -0.2) is 80.8 Å². The summed E-state index contributed by atoms with van der Waals surface area (Å²) < 4.78 is 41.7. The second kappa shape index (κ2) is 17.0. The Morgan fingerprint density at radius 2 is 1.82 bits per heavy atom. The van der Waals surface area contributed by atoms with Crippen molar-refractivity contribution < 1.29 is 42.5 Å². The maximum Gasteiger partial charge on any atom is 0.407 e. The van der Waals surface area contributed by atoms with Gasteiger partial charge in [0, 0.05) is 26.0 Å². The van der Waals surface area contributed by atoms with Crippen LogP contribution in [0.15, 0.2) is 11.6 Å². The van der Waals surface area contributed by atoms with E-state index in [2.05, 4.69) is 32.2 Å². The fraction of sp³-hybridized carbons (Fsp3) is 0.848. The highest BCUT2D eigenvalue weighted by Gasteiger charge is 2.72. The molecule has 0 radical (unpaired) electrons. The van der Waals surface area contributed by atoms with Gasteiger partial charge < -0.3 is 29.0 Å². The minimum atomic E-state index is -0.502. The number of nitrogens with one attached hydrogen (secondary N) is 2. The van der Waals surface area contributed by atoms with Crippen LogP contribution in [0.2, 0.25) is 0 Å². The summed E-state index contributed by atoms with van der Waals surface area (Å²) in [7, 11) is 1.66. The topological polar surface area (TPSA) is 128 Å². The minimum Gasteiger partial charge on any atom is -0.460 e. The zero-order valence-corrected chi connectivity index (χ0v) is 27.6. The number of hydrogen-bond acceptors (Lipinski definition) is 9. The van der Waals surface area contributed by atoms with Gasteiger partial charge >= 0.3 is 12.1 Å². The Balaban J connectivity index is 1.40. The number of carbonyl (C=O) groups excluding carboxylic acids is 3. The van der Waals surface area contributed by atoms with E-state index in [4.69, 9.17) is 23.7 Å². The van der Waals surface area contributed by atoms with Gasteiger partial charge in [-0.15, -0.1) is 4.48 Å². The second-order valence-electron chi connectivity index (χ2n) is 13.5. The van der Waals surface area contributed by atoms with Crippen molar-refractivity contribution in [2.75, 3.05) is 33.4 Å². The number of methoxy groups -OCH3 is 1. The number of halogens is 1. The largest absolute Gasteiger partial charge is 0.460 e. The Morgan fingerprint density at radius 1 is 1.11 bits per heavy atom. The fourth-order valence-electron chi connectivity index (χ4n) is 6.55. The highest BCUT2D eigenvalue weighted by Crippen LogP contribution is 2.59. The number of rotatable bonds is 20. The Labute approximate surface area is 262 Å². The summed E-state index contributed by atoms with van der Waals surface area (Å²) in [6.45, 7) is 11.3. The lowest BCUT2D eigenvalue weighted by atomic mass is 9.68. The number of esters is 1. The molecule has 3 rings (SSSR count). The maximum absolute atomic E-state index is 13.2. The lowest BCUT2D eigenvalue weighted by Crippen LogP contribution is -2.55. The van der Waals surface area contributed by atoms with Crippen LogP contribution < -0.4 is 10.9 Å². The van der Waals surface area contributed by atoms with E-state index in [1.54, 1.807) is 7.11 Å². The summed E-state index contributed by atoms with van der Waals surface area (Å²) >= 11 is 0. The molecule has 0 aromatic carbocycles. The van der Waals surface area contributed by atoms with Gasteiger partial charge in [-0.1, -0.05) is 44.8 Å². The molecule has 0 aromatic heterocycles. The average molecular weight is 627 g/mol. The molecule has 2 saturated heterocycles. The molecule has 44 heavy (non-hydrogen) atoms. The quantitative estimate of drug-likeness (QED) is 0.0602. The standard InChI is InChI=1S/C33H55FN2O8/c1-22(2)13-14-27-32(5,44-27)30-29(40-6)26(15-16-33(30)21-42-33)43-28(38)18-24(23(3)4)20-41-31(39)35-17-11-9-7-8-10-12-25(37)19-36-34/h13,23-24,26-27,29-30,36H,7-12,14-21H2,1-6H3,(H,35,39)/t24-,26?,27+,29?,30?,32?,33-/m0/s1. The van der Waals surface area contributed by atoms with Crippen molar-refractivity contribution in [3.63, 3.8) is 0 Å². The van der Waals surface area contributed by atoms with Crippen LogP contribution >= 0.6 is 0 Å². The fourth-order valence-corrected chi connectivity index (χ4v) is 6.55. The predicted octanol–water partition coefficient (Wildman–Crippen LogP) is 5.38. The molecule has 2 aliphatic heterocycles. The van der Waals surface area contributed by atoms with E-state index in [0.29, 0.717) is 26.0 Å². The van der Waals surface area contributed by atoms with E-state index in [-0.39, 0.29) is 66.9 Å². The molecule has 3 fully saturated rings. The molecule has 0 bridgehead atoms. The molecular formula is C33H55FN2O8. The Bertz CT molecular complexity index is 983. The number of amides is 1. The van der Waals surface area contributed by atoms with Gasteiger partial charge in [0.25, 0.3) is 0 Å². The van der Waals surface area contributed by atoms with Crippen molar-refractivity contribution in [3.05, 3.63) is 11.6 Å². The molecule has 1 amide bonds. The number of ketones is 1. The van der Waals surface area contributed by atoms with E-state index in [9.17, 15) is 18.9 Å². The highest BCUT2D eigenvalue weighted by atomic mass is 19.2. The number of allylic oxidation sites excluding steroid dienone is 1. The first kappa shape index (κ1) is 36.4. The summed E-state index contributed by atoms with van der Waals surface area (Å²) in [6.07, 6.45) is 8.12. The van der Waals surface area contributed by atoms with Gasteiger partial charge in [-0.05, 0) is 58.8 Å². The number of hydrogen-bond donors (Lipinski definition) is 2. The molecule has 2 N–H and O–H groups in total. The zero-order chi connectivity index (χ0) is 32.3. The van der Waals surface area contributed by atoms with Crippen molar-refractivity contribution in [1.29, 1.82) is 0 Å². The van der Waals surface area contributed by atoms with Gasteiger partial charge in [-0.25, -0.2) is 4.79 Å². The van der Waals surface area contributed by atoms with E-state index >= 15 is 0 Å². The molecule has 1 saturated carbocycles. The molecular weight excluding hydrogens is 571 g/mol. The number of ether oxygens (including phenoxy) is 5. The molecule has 10 nitrogen and oxygen atoms in total. The zero-order valence-electron chi connectivity index (χ0n) is 27.6. The molecule has 1 spiro atoms. The molecule has 7 atom stereocenters. The molecule has 11 heteroatoms. The number of Topliss-reactive ketones (excluding diaryl/α,β-unsaturated/α-hetero) is 1. The van der Waals surface area contributed by atoms with Crippen molar-refractivity contribution in [2.45, 2.75) is 128 Å². The highest BCUT2D eigenvalue weighted by molar-refractivity contribution is 5.80. The van der Waals surface area contributed by atoms with Crippen molar-refractivity contribution >= 4 is 17.8 Å². The van der Waals surface area contributed by atoms with Gasteiger partial charge in [0.15, 0.2) is 0 Å². The number of unbranched alkanes of at least 4 members (excludes halogenated alkanes) is 4. The third kappa shape index (κ3) is 10.5. The lowest BCUT2D eigenvalue weighted by molar-refractivity contribution is -0.173. The predicted molar refractivity (Wildman–Crippen MR) is 164 cm³/mol. The number of alkyl carbamates (subject to hydrolysis) is 1. The van der Waals surface area contributed by atoms with Crippen molar-refractivity contribution in [3.8, 4) is 0 Å². The normalized spacial score (nSPS) is 29.6. The summed E-state index contributed by atoms with van der Waals surface area (Å²) in [5, 5.41) is 2.77. The van der Waals surface area contributed by atoms with Crippen molar-refractivity contribution in [2.24, 2.45) is 17.8 Å². The maximum atomic E-state index is 13.2. The van der Waals surface area contributed by atoms with E-state index in [1.807, 2.05) is 13.8 Å². The van der Waals surface area contributed by atoms with E-state index < -0.39 is 17.8 Å². The molecule has 1 aliphatic carbocycles. The smallest absolute Gasteiger partial charge is 0.407 e. The number of epoxide rings is 2. The molecule has 4 unspecified atom stereocenters. The van der Waals surface area contributed by atoms with Crippen LogP contribution in [-0.2, 0) is 33.3 Å². The average Bonchev–Trinajstić information content (AvgIpc) is 3.88. The Hall–Kier alpha value is -2.08. The van der Waals surface area contributed by atoms with Crippen molar-refractivity contribution in [1.82, 2.24) is 10.9 Å². The van der Waals surface area contributed by atoms with Crippen LogP contribution in [0.5, 0.6) is 0 Å². The monoisotopic (exact) mass is 626 g/mol. The summed E-state index contributed by atoms with van der Waals surface area (Å²) in [5.41, 5.74) is 1.95. The van der Waals surface area contributed by atoms with Gasteiger partial charge in [0.1, 0.15) is 29.2 Å². The van der Waals surface area contributed by atoms with Gasteiger partial charge in [0.2, 0.25) is 0 Å². The van der Waals surface area contributed by atoms with Crippen LogP contribution in [0.1, 0.15) is 98.8 Å². The SMILES string of the molecule is COC1C(OC(=O)C[C@@H](COC(=O)NCCCCCCCC(=O)CNF)C(C)C)CC[C@]2(CO2)C1C1(C)O[C@@H]1CC=C(C)C. The van der Waals surface area contributed by atoms with Crippen LogP contribution in [0, 0.1) is 17.8 Å². The van der Waals surface area contributed by atoms with E-state index in [0.717, 1.165) is 44.9 Å². The third-order valence-corrected chi connectivity index (χ3v) is 9.49. The summed E-state index contributed by atoms with van der Waals surface area (Å²) in [5.74, 6) is -0.561. The van der Waals surface area contributed by atoms with Crippen LogP contribution in [0.3, 0.4) is 0 Å². The number of carbonyl (C=O) groups is 3. The van der Waals surface area contributed by atoms with Crippen LogP contribution in [0.25, 0.3) is 0 Å². The van der Waals surface area contributed by atoms with Gasteiger partial charge in [0.05, 0.1) is 38.2 Å². The Morgan fingerprint density at radius 3 is 2.45 bits per heavy atom. The molecule has 3 aliphatic rings. The second-order valence-corrected chi connectivity index (χ2v) is 13.5.